The fourth-order valence-electron chi connectivity index (χ4n) is 2.20. The number of anilines is 1. The number of carbonyl (C=O) groups excluding carboxylic acids is 1. The second kappa shape index (κ2) is 6.58. The molecule has 0 aliphatic carbocycles. The minimum absolute atomic E-state index is 0.213. The molecule has 0 fully saturated rings. The molecule has 0 bridgehead atoms. The highest BCUT2D eigenvalue weighted by atomic mass is 35.5. The Bertz CT molecular complexity index is 716. The summed E-state index contributed by atoms with van der Waals surface area (Å²) in [5.74, 6) is -0.0782. The molecule has 0 saturated heterocycles. The van der Waals surface area contributed by atoms with Gasteiger partial charge >= 0.3 is 5.97 Å². The Labute approximate surface area is 133 Å². The van der Waals surface area contributed by atoms with Crippen LogP contribution in [0.4, 0.5) is 5.69 Å². The number of rotatable bonds is 4. The second-order valence-corrected chi connectivity index (χ2v) is 4.81. The number of esters is 1. The molecule has 2 aromatic carbocycles. The number of nitrogens with two attached hydrogens (primary N) is 1. The van der Waals surface area contributed by atoms with Gasteiger partial charge in [-0.3, -0.25) is 0 Å². The Morgan fingerprint density at radius 3 is 2.23 bits per heavy atom. The van der Waals surface area contributed by atoms with Crippen LogP contribution in [0.1, 0.15) is 10.4 Å². The van der Waals surface area contributed by atoms with Crippen LogP contribution in [0.5, 0.6) is 11.5 Å². The Kier molecular flexibility index (Phi) is 4.78. The second-order valence-electron chi connectivity index (χ2n) is 4.43. The number of para-hydroxylation sites is 1. The highest BCUT2D eigenvalue weighted by molar-refractivity contribution is 6.35. The van der Waals surface area contributed by atoms with Crippen molar-refractivity contribution in [3.05, 3.63) is 40.9 Å². The first kappa shape index (κ1) is 16.0. The first-order valence-corrected chi connectivity index (χ1v) is 6.80. The molecule has 2 rings (SSSR count). The van der Waals surface area contributed by atoms with Crippen molar-refractivity contribution in [1.29, 1.82) is 0 Å². The number of benzene rings is 2. The van der Waals surface area contributed by atoms with E-state index in [9.17, 15) is 4.79 Å². The molecule has 0 aliphatic rings. The summed E-state index contributed by atoms with van der Waals surface area (Å²) in [7, 11) is 4.17. The molecule has 0 aromatic heterocycles. The topological polar surface area (TPSA) is 70.8 Å². The molecule has 5 nitrogen and oxygen atoms in total. The van der Waals surface area contributed by atoms with Crippen LogP contribution in [0.25, 0.3) is 11.1 Å². The monoisotopic (exact) mass is 321 g/mol. The molecule has 116 valence electrons. The Balaban J connectivity index is 2.81. The van der Waals surface area contributed by atoms with Gasteiger partial charge in [-0.2, -0.15) is 0 Å². The van der Waals surface area contributed by atoms with Crippen LogP contribution in [-0.2, 0) is 4.74 Å². The van der Waals surface area contributed by atoms with Gasteiger partial charge in [0.25, 0.3) is 0 Å². The number of halogens is 1. The van der Waals surface area contributed by atoms with Gasteiger partial charge in [-0.05, 0) is 12.1 Å². The normalized spacial score (nSPS) is 10.2. The third kappa shape index (κ3) is 2.67. The Hall–Kier alpha value is -2.40. The summed E-state index contributed by atoms with van der Waals surface area (Å²) in [5.41, 5.74) is 8.00. The van der Waals surface area contributed by atoms with Gasteiger partial charge in [0.05, 0.1) is 26.4 Å². The predicted octanol–water partition coefficient (Wildman–Crippen LogP) is 3.39. The zero-order chi connectivity index (χ0) is 16.3. The quantitative estimate of drug-likeness (QED) is 0.690. The van der Waals surface area contributed by atoms with E-state index in [2.05, 4.69) is 0 Å². The number of carbonyl (C=O) groups is 1. The maximum Gasteiger partial charge on any atom is 0.341 e. The molecule has 0 amide bonds. The molecule has 0 unspecified atom stereocenters. The van der Waals surface area contributed by atoms with Gasteiger partial charge in [-0.25, -0.2) is 4.79 Å². The Morgan fingerprint density at radius 2 is 1.68 bits per heavy atom. The van der Waals surface area contributed by atoms with Gasteiger partial charge in [0.2, 0.25) is 0 Å². The zero-order valence-corrected chi connectivity index (χ0v) is 13.2. The van der Waals surface area contributed by atoms with Crippen LogP contribution < -0.4 is 15.2 Å². The Morgan fingerprint density at radius 1 is 1.05 bits per heavy atom. The van der Waals surface area contributed by atoms with E-state index in [1.165, 1.54) is 21.3 Å². The van der Waals surface area contributed by atoms with Gasteiger partial charge in [0, 0.05) is 16.8 Å². The zero-order valence-electron chi connectivity index (χ0n) is 12.5. The average molecular weight is 322 g/mol. The van der Waals surface area contributed by atoms with Crippen molar-refractivity contribution in [1.82, 2.24) is 0 Å². The first-order chi connectivity index (χ1) is 10.5. The third-order valence-corrected chi connectivity index (χ3v) is 3.62. The molecule has 2 aromatic rings. The largest absolute Gasteiger partial charge is 0.492 e. The van der Waals surface area contributed by atoms with E-state index in [4.69, 9.17) is 31.5 Å². The fraction of sp³-hybridized carbons (Fsp3) is 0.188. The number of methoxy groups -OCH3 is 3. The van der Waals surface area contributed by atoms with E-state index in [0.29, 0.717) is 21.8 Å². The smallest absolute Gasteiger partial charge is 0.341 e. The van der Waals surface area contributed by atoms with E-state index >= 15 is 0 Å². The molecule has 0 atom stereocenters. The van der Waals surface area contributed by atoms with Crippen molar-refractivity contribution in [2.45, 2.75) is 0 Å². The summed E-state index contributed by atoms with van der Waals surface area (Å²) in [4.78, 5) is 12.0. The van der Waals surface area contributed by atoms with E-state index in [0.717, 1.165) is 0 Å². The molecule has 0 saturated carbocycles. The summed E-state index contributed by atoms with van der Waals surface area (Å²) in [5, 5.41) is 0.310. The predicted molar refractivity (Wildman–Crippen MR) is 85.7 cm³/mol. The van der Waals surface area contributed by atoms with Crippen molar-refractivity contribution in [2.24, 2.45) is 0 Å². The van der Waals surface area contributed by atoms with Crippen molar-refractivity contribution >= 4 is 23.3 Å². The van der Waals surface area contributed by atoms with Gasteiger partial charge in [-0.15, -0.1) is 0 Å². The lowest BCUT2D eigenvalue weighted by Crippen LogP contribution is -2.07. The van der Waals surface area contributed by atoms with Crippen LogP contribution in [-0.4, -0.2) is 27.3 Å². The lowest BCUT2D eigenvalue weighted by molar-refractivity contribution is 0.0596. The van der Waals surface area contributed by atoms with Gasteiger partial charge < -0.3 is 19.9 Å². The molecule has 22 heavy (non-hydrogen) atoms. The van der Waals surface area contributed by atoms with Gasteiger partial charge in [0.15, 0.2) is 11.5 Å². The summed E-state index contributed by atoms with van der Waals surface area (Å²) in [6, 6.07) is 8.79. The van der Waals surface area contributed by atoms with Crippen molar-refractivity contribution < 1.29 is 19.0 Å². The maximum atomic E-state index is 12.0. The number of hydrogen-bond donors (Lipinski definition) is 1. The van der Waals surface area contributed by atoms with E-state index in [1.54, 1.807) is 12.1 Å². The van der Waals surface area contributed by atoms with Crippen LogP contribution in [0.15, 0.2) is 30.3 Å². The molecule has 6 heteroatoms. The van der Waals surface area contributed by atoms with E-state index in [1.807, 2.05) is 18.2 Å². The number of ether oxygens (including phenoxy) is 3. The SMILES string of the molecule is COC(=O)c1cc(-c2ccccc2N)c(Cl)c(OC)c1OC. The standard InChI is InChI=1S/C16H16ClNO4/c1-20-14-11(16(19)22-3)8-10(13(17)15(14)21-2)9-6-4-5-7-12(9)18/h4-8H,18H2,1-3H3. The molecule has 0 aliphatic heterocycles. The minimum Gasteiger partial charge on any atom is -0.492 e. The average Bonchev–Trinajstić information content (AvgIpc) is 2.54. The molecular weight excluding hydrogens is 306 g/mol. The first-order valence-electron chi connectivity index (χ1n) is 6.42. The van der Waals surface area contributed by atoms with Crippen molar-refractivity contribution in [2.75, 3.05) is 27.1 Å². The van der Waals surface area contributed by atoms with E-state index < -0.39 is 5.97 Å². The molecule has 0 spiro atoms. The molecule has 0 radical (unpaired) electrons. The maximum absolute atomic E-state index is 12.0. The summed E-state index contributed by atoms with van der Waals surface area (Å²) in [6.45, 7) is 0. The molecule has 0 heterocycles. The summed E-state index contributed by atoms with van der Waals surface area (Å²) in [6.07, 6.45) is 0. The highest BCUT2D eigenvalue weighted by Gasteiger charge is 2.24. The summed E-state index contributed by atoms with van der Waals surface area (Å²) >= 11 is 6.41. The number of nitrogen functional groups attached to an aromatic ring is 1. The van der Waals surface area contributed by atoms with Gasteiger partial charge in [0.1, 0.15) is 5.56 Å². The van der Waals surface area contributed by atoms with Gasteiger partial charge in [-0.1, -0.05) is 29.8 Å². The highest BCUT2D eigenvalue weighted by Crippen LogP contribution is 2.45. The lowest BCUT2D eigenvalue weighted by atomic mass is 10.00. The van der Waals surface area contributed by atoms with Crippen LogP contribution in [0, 0.1) is 0 Å². The van der Waals surface area contributed by atoms with Crippen LogP contribution in [0.3, 0.4) is 0 Å². The van der Waals surface area contributed by atoms with Crippen LogP contribution >= 0.6 is 11.6 Å². The molecule has 2 N–H and O–H groups in total. The third-order valence-electron chi connectivity index (χ3n) is 3.24. The van der Waals surface area contributed by atoms with Crippen molar-refractivity contribution in [3.8, 4) is 22.6 Å². The lowest BCUT2D eigenvalue weighted by Gasteiger charge is -2.17. The van der Waals surface area contributed by atoms with Crippen molar-refractivity contribution in [3.63, 3.8) is 0 Å². The fourth-order valence-corrected chi connectivity index (χ4v) is 2.52. The summed E-state index contributed by atoms with van der Waals surface area (Å²) < 4.78 is 15.3. The van der Waals surface area contributed by atoms with Crippen LogP contribution in [0.2, 0.25) is 5.02 Å². The number of hydrogen-bond acceptors (Lipinski definition) is 5. The molecular formula is C16H16ClNO4. The van der Waals surface area contributed by atoms with E-state index in [-0.39, 0.29) is 17.1 Å². The minimum atomic E-state index is -0.553.